The molecule has 1 fully saturated rings. The summed E-state index contributed by atoms with van der Waals surface area (Å²) in [6.07, 6.45) is 3.80. The maximum atomic E-state index is 12.8. The topological polar surface area (TPSA) is 136 Å². The van der Waals surface area contributed by atoms with Gasteiger partial charge in [0.15, 0.2) is 6.61 Å². The molecule has 1 aliphatic rings. The predicted octanol–water partition coefficient (Wildman–Crippen LogP) is 1.92. The van der Waals surface area contributed by atoms with Gasteiger partial charge in [-0.15, -0.1) is 0 Å². The second-order valence-corrected chi connectivity index (χ2v) is 10.7. The van der Waals surface area contributed by atoms with Crippen molar-refractivity contribution < 1.29 is 26.4 Å². The van der Waals surface area contributed by atoms with Crippen LogP contribution < -0.4 is 15.2 Å². The van der Waals surface area contributed by atoms with Gasteiger partial charge in [-0.3, -0.25) is 4.79 Å². The van der Waals surface area contributed by atoms with Crippen molar-refractivity contribution in [2.75, 3.05) is 25.0 Å². The van der Waals surface area contributed by atoms with Crippen molar-refractivity contribution in [3.05, 3.63) is 48.5 Å². The second-order valence-electron chi connectivity index (χ2n) is 7.20. The molecule has 9 nitrogen and oxygen atoms in total. The number of anilines is 1. The van der Waals surface area contributed by atoms with E-state index >= 15 is 0 Å². The van der Waals surface area contributed by atoms with E-state index in [9.17, 15) is 21.6 Å². The molecule has 3 N–H and O–H groups in total. The number of nitrogens with two attached hydrogens (primary N) is 1. The molecule has 3 rings (SSSR count). The molecule has 0 bridgehead atoms. The van der Waals surface area contributed by atoms with Crippen LogP contribution in [0.15, 0.2) is 58.3 Å². The fraction of sp³-hybridized carbons (Fsp3) is 0.350. The van der Waals surface area contributed by atoms with Crippen LogP contribution in [0.1, 0.15) is 25.7 Å². The minimum absolute atomic E-state index is 0.0584. The maximum Gasteiger partial charge on any atom is 0.262 e. The van der Waals surface area contributed by atoms with Crippen LogP contribution in [0.25, 0.3) is 0 Å². The average Bonchev–Trinajstić information content (AvgIpc) is 3.02. The Labute approximate surface area is 182 Å². The lowest BCUT2D eigenvalue weighted by Crippen LogP contribution is -2.31. The molecular weight excluding hydrogens is 442 g/mol. The highest BCUT2D eigenvalue weighted by molar-refractivity contribution is 7.89. The molecule has 11 heteroatoms. The number of nitrogens with one attached hydrogen (secondary N) is 1. The van der Waals surface area contributed by atoms with Gasteiger partial charge in [0.25, 0.3) is 5.91 Å². The molecule has 1 amide bonds. The summed E-state index contributed by atoms with van der Waals surface area (Å²) in [6.45, 7) is 0.757. The third-order valence-corrected chi connectivity index (χ3v) is 7.71. The molecule has 1 heterocycles. The minimum atomic E-state index is -3.80. The zero-order chi connectivity index (χ0) is 22.5. The second kappa shape index (κ2) is 9.77. The summed E-state index contributed by atoms with van der Waals surface area (Å²) in [5.74, 6) is -0.0980. The molecule has 0 radical (unpaired) electrons. The van der Waals surface area contributed by atoms with Gasteiger partial charge < -0.3 is 10.1 Å². The zero-order valence-electron chi connectivity index (χ0n) is 16.9. The van der Waals surface area contributed by atoms with Crippen LogP contribution in [0.2, 0.25) is 0 Å². The molecular formula is C20H25N3O6S2. The molecule has 2 aromatic carbocycles. The van der Waals surface area contributed by atoms with Crippen molar-refractivity contribution in [3.63, 3.8) is 0 Å². The molecule has 0 unspecified atom stereocenters. The molecule has 0 aliphatic carbocycles. The summed E-state index contributed by atoms with van der Waals surface area (Å²) < 4.78 is 55.0. The van der Waals surface area contributed by atoms with E-state index in [2.05, 4.69) is 5.32 Å². The number of ether oxygens (including phenoxy) is 1. The Balaban J connectivity index is 1.55. The van der Waals surface area contributed by atoms with Crippen molar-refractivity contribution in [2.45, 2.75) is 35.5 Å². The molecule has 2 aromatic rings. The number of amides is 1. The molecule has 1 saturated heterocycles. The SMILES string of the molecule is NS(=O)(=O)c1ccc(NC(=O)COc2ccc(S(=O)(=O)N3CCCCCC3)cc2)cc1. The molecule has 0 atom stereocenters. The van der Waals surface area contributed by atoms with Gasteiger partial charge in [0.1, 0.15) is 5.75 Å². The van der Waals surface area contributed by atoms with E-state index in [4.69, 9.17) is 9.88 Å². The van der Waals surface area contributed by atoms with Crippen LogP contribution in [0.3, 0.4) is 0 Å². The standard InChI is InChI=1S/C20H25N3O6S2/c21-30(25,26)18-9-5-16(6-10-18)22-20(24)15-29-17-7-11-19(12-8-17)31(27,28)23-13-3-1-2-4-14-23/h5-12H,1-4,13-15H2,(H,22,24)(H2,21,25,26). The van der Waals surface area contributed by atoms with Gasteiger partial charge in [0.2, 0.25) is 20.0 Å². The fourth-order valence-corrected chi connectivity index (χ4v) is 5.25. The van der Waals surface area contributed by atoms with E-state index in [1.807, 2.05) is 0 Å². The summed E-state index contributed by atoms with van der Waals surface area (Å²) in [5.41, 5.74) is 0.389. The first-order chi connectivity index (χ1) is 14.7. The van der Waals surface area contributed by atoms with Crippen molar-refractivity contribution in [3.8, 4) is 5.75 Å². The predicted molar refractivity (Wildman–Crippen MR) is 116 cm³/mol. The van der Waals surface area contributed by atoms with Crippen molar-refractivity contribution >= 4 is 31.6 Å². The number of benzene rings is 2. The number of primary sulfonamides is 1. The van der Waals surface area contributed by atoms with Crippen LogP contribution in [0.5, 0.6) is 5.75 Å². The van der Waals surface area contributed by atoms with Crippen LogP contribution in [-0.4, -0.2) is 46.7 Å². The fourth-order valence-electron chi connectivity index (χ4n) is 3.21. The number of carbonyl (C=O) groups excluding carboxylic acids is 1. The first-order valence-electron chi connectivity index (χ1n) is 9.82. The Kier molecular flexibility index (Phi) is 7.31. The number of sulfonamides is 2. The highest BCUT2D eigenvalue weighted by atomic mass is 32.2. The molecule has 0 saturated carbocycles. The molecule has 1 aliphatic heterocycles. The third-order valence-electron chi connectivity index (χ3n) is 4.86. The van der Waals surface area contributed by atoms with Gasteiger partial charge in [-0.25, -0.2) is 22.0 Å². The summed E-state index contributed by atoms with van der Waals surface area (Å²) in [4.78, 5) is 12.2. The Morgan fingerprint density at radius 2 is 1.42 bits per heavy atom. The van der Waals surface area contributed by atoms with Gasteiger partial charge in [-0.05, 0) is 61.4 Å². The van der Waals surface area contributed by atoms with E-state index in [1.165, 1.54) is 52.8 Å². The van der Waals surface area contributed by atoms with Crippen LogP contribution in [0, 0.1) is 0 Å². The number of carbonyl (C=O) groups is 1. The highest BCUT2D eigenvalue weighted by Gasteiger charge is 2.25. The lowest BCUT2D eigenvalue weighted by molar-refractivity contribution is -0.118. The first kappa shape index (κ1) is 23.2. The number of rotatable bonds is 7. The van der Waals surface area contributed by atoms with E-state index in [1.54, 1.807) is 0 Å². The van der Waals surface area contributed by atoms with Crippen LogP contribution in [0.4, 0.5) is 5.69 Å². The number of hydrogen-bond donors (Lipinski definition) is 2. The summed E-state index contributed by atoms with van der Waals surface area (Å²) in [6, 6.07) is 11.4. The Morgan fingerprint density at radius 3 is 1.97 bits per heavy atom. The highest BCUT2D eigenvalue weighted by Crippen LogP contribution is 2.22. The van der Waals surface area contributed by atoms with Gasteiger partial charge in [-0.2, -0.15) is 4.31 Å². The van der Waals surface area contributed by atoms with Crippen LogP contribution in [-0.2, 0) is 24.8 Å². The Morgan fingerprint density at radius 1 is 0.871 bits per heavy atom. The molecule has 0 spiro atoms. The zero-order valence-corrected chi connectivity index (χ0v) is 18.5. The maximum absolute atomic E-state index is 12.8. The number of nitrogens with zero attached hydrogens (tertiary/aromatic N) is 1. The lowest BCUT2D eigenvalue weighted by atomic mass is 10.2. The molecule has 0 aromatic heterocycles. The smallest absolute Gasteiger partial charge is 0.262 e. The van der Waals surface area contributed by atoms with Crippen molar-refractivity contribution in [1.29, 1.82) is 0 Å². The largest absolute Gasteiger partial charge is 0.484 e. The van der Waals surface area contributed by atoms with Gasteiger partial charge in [0.05, 0.1) is 9.79 Å². The Hall–Kier alpha value is -2.47. The van der Waals surface area contributed by atoms with Gasteiger partial charge in [-0.1, -0.05) is 12.8 Å². The van der Waals surface area contributed by atoms with E-state index in [0.29, 0.717) is 24.5 Å². The third kappa shape index (κ3) is 6.26. The minimum Gasteiger partial charge on any atom is -0.484 e. The van der Waals surface area contributed by atoms with Crippen molar-refractivity contribution in [2.24, 2.45) is 5.14 Å². The van der Waals surface area contributed by atoms with Crippen LogP contribution >= 0.6 is 0 Å². The molecule has 31 heavy (non-hydrogen) atoms. The summed E-state index contributed by atoms with van der Waals surface area (Å²) in [7, 11) is -7.34. The van der Waals surface area contributed by atoms with Gasteiger partial charge in [0, 0.05) is 18.8 Å². The van der Waals surface area contributed by atoms with Gasteiger partial charge >= 0.3 is 0 Å². The quantitative estimate of drug-likeness (QED) is 0.638. The summed E-state index contributed by atoms with van der Waals surface area (Å²) >= 11 is 0. The van der Waals surface area contributed by atoms with E-state index in [-0.39, 0.29) is 16.4 Å². The first-order valence-corrected chi connectivity index (χ1v) is 12.8. The molecule has 168 valence electrons. The lowest BCUT2D eigenvalue weighted by Gasteiger charge is -2.20. The monoisotopic (exact) mass is 467 g/mol. The normalized spacial score (nSPS) is 15.8. The Bertz CT molecular complexity index is 1110. The number of hydrogen-bond acceptors (Lipinski definition) is 6. The summed E-state index contributed by atoms with van der Waals surface area (Å²) in [5, 5.41) is 7.60. The van der Waals surface area contributed by atoms with Crippen molar-refractivity contribution in [1.82, 2.24) is 4.31 Å². The average molecular weight is 468 g/mol. The van der Waals surface area contributed by atoms with E-state index < -0.39 is 26.0 Å². The van der Waals surface area contributed by atoms with E-state index in [0.717, 1.165) is 25.7 Å².